The SMILES string of the molecule is Cl.c1csc(CCC2=NCCCS2)c1. The van der Waals surface area contributed by atoms with Crippen molar-refractivity contribution >= 4 is 40.5 Å². The lowest BCUT2D eigenvalue weighted by Gasteiger charge is -2.09. The summed E-state index contributed by atoms with van der Waals surface area (Å²) in [5.41, 5.74) is 0. The Morgan fingerprint density at radius 2 is 2.29 bits per heavy atom. The summed E-state index contributed by atoms with van der Waals surface area (Å²) < 4.78 is 0. The van der Waals surface area contributed by atoms with Crippen molar-refractivity contribution in [2.24, 2.45) is 4.99 Å². The largest absolute Gasteiger partial charge is 0.283 e. The molecule has 2 rings (SSSR count). The van der Waals surface area contributed by atoms with Crippen LogP contribution in [0.5, 0.6) is 0 Å². The van der Waals surface area contributed by atoms with E-state index in [-0.39, 0.29) is 12.4 Å². The van der Waals surface area contributed by atoms with Crippen molar-refractivity contribution in [2.75, 3.05) is 12.3 Å². The average Bonchev–Trinajstić information content (AvgIpc) is 2.69. The fraction of sp³-hybridized carbons (Fsp3) is 0.500. The van der Waals surface area contributed by atoms with E-state index in [0.717, 1.165) is 13.0 Å². The number of aliphatic imine (C=N–C) groups is 1. The van der Waals surface area contributed by atoms with Crippen molar-refractivity contribution in [3.05, 3.63) is 22.4 Å². The predicted molar refractivity (Wildman–Crippen MR) is 69.3 cm³/mol. The maximum atomic E-state index is 4.51. The summed E-state index contributed by atoms with van der Waals surface area (Å²) in [4.78, 5) is 5.99. The fourth-order valence-electron chi connectivity index (χ4n) is 1.34. The molecule has 0 atom stereocenters. The van der Waals surface area contributed by atoms with Crippen molar-refractivity contribution in [3.8, 4) is 0 Å². The van der Waals surface area contributed by atoms with Gasteiger partial charge in [0.15, 0.2) is 0 Å². The highest BCUT2D eigenvalue weighted by Gasteiger charge is 2.05. The Hall–Kier alpha value is 0.01000. The van der Waals surface area contributed by atoms with Crippen LogP contribution in [0.2, 0.25) is 0 Å². The summed E-state index contributed by atoms with van der Waals surface area (Å²) in [5, 5.41) is 3.50. The van der Waals surface area contributed by atoms with Crippen LogP contribution in [0.1, 0.15) is 17.7 Å². The quantitative estimate of drug-likeness (QED) is 0.795. The van der Waals surface area contributed by atoms with Gasteiger partial charge in [0.2, 0.25) is 0 Å². The number of thioether (sulfide) groups is 1. The summed E-state index contributed by atoms with van der Waals surface area (Å²) in [6.45, 7) is 1.05. The molecular formula is C10H14ClNS2. The molecule has 78 valence electrons. The van der Waals surface area contributed by atoms with Crippen LogP contribution in [-0.4, -0.2) is 17.3 Å². The van der Waals surface area contributed by atoms with Gasteiger partial charge in [-0.05, 0) is 24.3 Å². The van der Waals surface area contributed by atoms with Crippen LogP contribution in [0.3, 0.4) is 0 Å². The van der Waals surface area contributed by atoms with Crippen LogP contribution in [0.25, 0.3) is 0 Å². The number of rotatable bonds is 3. The Balaban J connectivity index is 0.000000980. The minimum atomic E-state index is 0. The van der Waals surface area contributed by atoms with Crippen molar-refractivity contribution in [3.63, 3.8) is 0 Å². The standard InChI is InChI=1S/C10H13NS2.ClH/c1-3-9(12-7-1)4-5-10-11-6-2-8-13-10;/h1,3,7H,2,4-6,8H2;1H. The molecule has 14 heavy (non-hydrogen) atoms. The lowest BCUT2D eigenvalue weighted by Crippen LogP contribution is -2.04. The topological polar surface area (TPSA) is 12.4 Å². The van der Waals surface area contributed by atoms with Gasteiger partial charge < -0.3 is 0 Å². The second kappa shape index (κ2) is 6.49. The third-order valence-electron chi connectivity index (χ3n) is 2.02. The molecule has 0 saturated carbocycles. The Morgan fingerprint density at radius 1 is 1.36 bits per heavy atom. The summed E-state index contributed by atoms with van der Waals surface area (Å²) in [7, 11) is 0. The molecule has 1 aromatic rings. The third kappa shape index (κ3) is 3.64. The van der Waals surface area contributed by atoms with Crippen LogP contribution in [0.4, 0.5) is 0 Å². The van der Waals surface area contributed by atoms with Crippen LogP contribution in [0.15, 0.2) is 22.5 Å². The van der Waals surface area contributed by atoms with Gasteiger partial charge in [-0.3, -0.25) is 4.99 Å². The number of thiophene rings is 1. The van der Waals surface area contributed by atoms with Gasteiger partial charge in [-0.25, -0.2) is 0 Å². The minimum Gasteiger partial charge on any atom is -0.283 e. The first kappa shape index (κ1) is 12.1. The molecule has 0 aromatic carbocycles. The molecule has 1 aliphatic heterocycles. The second-order valence-corrected chi connectivity index (χ2v) is 5.26. The molecule has 4 heteroatoms. The van der Waals surface area contributed by atoms with E-state index >= 15 is 0 Å². The Kier molecular flexibility index (Phi) is 5.60. The molecule has 0 radical (unpaired) electrons. The maximum absolute atomic E-state index is 4.51. The second-order valence-electron chi connectivity index (χ2n) is 3.06. The highest BCUT2D eigenvalue weighted by molar-refractivity contribution is 8.14. The summed E-state index contributed by atoms with van der Waals surface area (Å²) in [6, 6.07) is 4.33. The summed E-state index contributed by atoms with van der Waals surface area (Å²) in [5.74, 6) is 1.27. The first-order valence-corrected chi connectivity index (χ1v) is 6.50. The normalized spacial score (nSPS) is 15.9. The third-order valence-corrected chi connectivity index (χ3v) is 4.12. The van der Waals surface area contributed by atoms with Crippen LogP contribution >= 0.6 is 35.5 Å². The van der Waals surface area contributed by atoms with Crippen molar-refractivity contribution in [2.45, 2.75) is 19.3 Å². The molecular weight excluding hydrogens is 234 g/mol. The Bertz CT molecular complexity index is 282. The fourth-order valence-corrected chi connectivity index (χ4v) is 2.99. The van der Waals surface area contributed by atoms with Gasteiger partial charge in [-0.1, -0.05) is 6.07 Å². The molecule has 0 amide bonds. The van der Waals surface area contributed by atoms with Gasteiger partial charge in [0.1, 0.15) is 0 Å². The number of hydrogen-bond donors (Lipinski definition) is 0. The molecule has 0 N–H and O–H groups in total. The Morgan fingerprint density at radius 3 is 2.93 bits per heavy atom. The van der Waals surface area contributed by atoms with E-state index in [1.165, 1.54) is 28.5 Å². The molecule has 0 spiro atoms. The zero-order valence-corrected chi connectivity index (χ0v) is 10.4. The van der Waals surface area contributed by atoms with Gasteiger partial charge in [-0.2, -0.15) is 0 Å². The van der Waals surface area contributed by atoms with Crippen LogP contribution in [0, 0.1) is 0 Å². The van der Waals surface area contributed by atoms with E-state index in [9.17, 15) is 0 Å². The molecule has 0 unspecified atom stereocenters. The molecule has 2 heterocycles. The molecule has 1 aromatic heterocycles. The first-order valence-electron chi connectivity index (χ1n) is 4.63. The van der Waals surface area contributed by atoms with Gasteiger partial charge in [0, 0.05) is 23.6 Å². The van der Waals surface area contributed by atoms with E-state index in [2.05, 4.69) is 22.5 Å². The van der Waals surface area contributed by atoms with Crippen LogP contribution < -0.4 is 0 Å². The van der Waals surface area contributed by atoms with E-state index in [0.29, 0.717) is 0 Å². The molecule has 0 saturated heterocycles. The van der Waals surface area contributed by atoms with Gasteiger partial charge in [-0.15, -0.1) is 35.5 Å². The molecule has 1 nitrogen and oxygen atoms in total. The van der Waals surface area contributed by atoms with E-state index in [4.69, 9.17) is 0 Å². The Labute approximate surface area is 99.4 Å². The maximum Gasteiger partial charge on any atom is 0.0679 e. The minimum absolute atomic E-state index is 0. The monoisotopic (exact) mass is 247 g/mol. The smallest absolute Gasteiger partial charge is 0.0679 e. The number of nitrogens with zero attached hydrogens (tertiary/aromatic N) is 1. The summed E-state index contributed by atoms with van der Waals surface area (Å²) in [6.07, 6.45) is 3.57. The number of halogens is 1. The highest BCUT2D eigenvalue weighted by atomic mass is 35.5. The zero-order chi connectivity index (χ0) is 8.93. The van der Waals surface area contributed by atoms with Crippen molar-refractivity contribution < 1.29 is 0 Å². The van der Waals surface area contributed by atoms with Gasteiger partial charge in [0.05, 0.1) is 5.04 Å². The average molecular weight is 248 g/mol. The number of aryl methyl sites for hydroxylation is 1. The van der Waals surface area contributed by atoms with E-state index < -0.39 is 0 Å². The van der Waals surface area contributed by atoms with Crippen molar-refractivity contribution in [1.82, 2.24) is 0 Å². The van der Waals surface area contributed by atoms with Crippen molar-refractivity contribution in [1.29, 1.82) is 0 Å². The molecule has 0 fully saturated rings. The number of hydrogen-bond acceptors (Lipinski definition) is 3. The lowest BCUT2D eigenvalue weighted by atomic mass is 10.3. The molecule has 1 aliphatic rings. The van der Waals surface area contributed by atoms with E-state index in [1.54, 1.807) is 0 Å². The zero-order valence-electron chi connectivity index (χ0n) is 7.94. The predicted octanol–water partition coefficient (Wildman–Crippen LogP) is 3.64. The van der Waals surface area contributed by atoms with Gasteiger partial charge >= 0.3 is 0 Å². The lowest BCUT2D eigenvalue weighted by molar-refractivity contribution is 0.924. The molecule has 0 bridgehead atoms. The van der Waals surface area contributed by atoms with Crippen LogP contribution in [-0.2, 0) is 6.42 Å². The molecule has 0 aliphatic carbocycles. The summed E-state index contributed by atoms with van der Waals surface area (Å²) >= 11 is 3.79. The highest BCUT2D eigenvalue weighted by Crippen LogP contribution is 2.18. The van der Waals surface area contributed by atoms with E-state index in [1.807, 2.05) is 23.1 Å². The first-order chi connectivity index (χ1) is 6.45. The van der Waals surface area contributed by atoms with Gasteiger partial charge in [0.25, 0.3) is 0 Å².